The molecule has 0 bridgehead atoms. The molecule has 0 saturated carbocycles. The molecule has 0 spiro atoms. The second-order valence-corrected chi connectivity index (χ2v) is 5.66. The van der Waals surface area contributed by atoms with Crippen LogP contribution in [0.4, 0.5) is 4.39 Å². The van der Waals surface area contributed by atoms with Crippen LogP contribution in [0.3, 0.4) is 0 Å². The maximum absolute atomic E-state index is 13.5. The fraction of sp³-hybridized carbons (Fsp3) is 0.294. The minimum atomic E-state index is -0.351. The molecule has 112 valence electrons. The largest absolute Gasteiger partial charge is 0.494 e. The van der Waals surface area contributed by atoms with Crippen LogP contribution in [0.15, 0.2) is 42.5 Å². The predicted molar refractivity (Wildman–Crippen MR) is 85.7 cm³/mol. The fourth-order valence-corrected chi connectivity index (χ4v) is 2.69. The van der Waals surface area contributed by atoms with Crippen LogP contribution < -0.4 is 4.74 Å². The fourth-order valence-electron chi connectivity index (χ4n) is 2.10. The molecule has 21 heavy (non-hydrogen) atoms. The Bertz CT molecular complexity index is 584. The average molecular weight is 353 g/mol. The lowest BCUT2D eigenvalue weighted by Crippen LogP contribution is -1.97. The number of hydrogen-bond donors (Lipinski definition) is 0. The van der Waals surface area contributed by atoms with E-state index in [1.165, 1.54) is 18.7 Å². The first-order chi connectivity index (χ1) is 10.2. The molecular formula is C17H18BrFO2. The maximum Gasteiger partial charge on any atom is 0.165 e. The summed E-state index contributed by atoms with van der Waals surface area (Å²) in [6.45, 7) is 0.715. The normalized spacial score (nSPS) is 12.2. The van der Waals surface area contributed by atoms with E-state index in [-0.39, 0.29) is 16.4 Å². The third kappa shape index (κ3) is 4.05. The molecule has 0 aliphatic rings. The Morgan fingerprint density at radius 1 is 1.05 bits per heavy atom. The molecule has 0 aliphatic heterocycles. The Morgan fingerprint density at radius 2 is 1.71 bits per heavy atom. The average Bonchev–Trinajstić information content (AvgIpc) is 2.53. The Hall–Kier alpha value is -1.39. The summed E-state index contributed by atoms with van der Waals surface area (Å²) in [6.07, 6.45) is 0.897. The van der Waals surface area contributed by atoms with Gasteiger partial charge < -0.3 is 9.47 Å². The molecule has 4 heteroatoms. The Kier molecular flexibility index (Phi) is 5.76. The molecule has 0 fully saturated rings. The topological polar surface area (TPSA) is 18.5 Å². The minimum absolute atomic E-state index is 0.00322. The van der Waals surface area contributed by atoms with Crippen LogP contribution in [-0.4, -0.2) is 20.8 Å². The van der Waals surface area contributed by atoms with Gasteiger partial charge in [-0.1, -0.05) is 46.3 Å². The Morgan fingerprint density at radius 3 is 2.33 bits per heavy atom. The molecule has 2 rings (SSSR count). The molecule has 1 atom stereocenters. The van der Waals surface area contributed by atoms with Gasteiger partial charge in [-0.15, -0.1) is 0 Å². The van der Waals surface area contributed by atoms with Crippen LogP contribution in [0.25, 0.3) is 0 Å². The van der Waals surface area contributed by atoms with Crippen molar-refractivity contribution in [2.45, 2.75) is 11.2 Å². The first-order valence-electron chi connectivity index (χ1n) is 6.71. The van der Waals surface area contributed by atoms with E-state index in [1.54, 1.807) is 19.2 Å². The molecule has 2 nitrogen and oxygen atoms in total. The van der Waals surface area contributed by atoms with Crippen LogP contribution in [0.2, 0.25) is 0 Å². The van der Waals surface area contributed by atoms with E-state index in [0.29, 0.717) is 6.61 Å². The van der Waals surface area contributed by atoms with Gasteiger partial charge in [0.1, 0.15) is 0 Å². The first-order valence-corrected chi connectivity index (χ1v) is 7.62. The number of rotatable bonds is 6. The zero-order valence-corrected chi connectivity index (χ0v) is 13.7. The van der Waals surface area contributed by atoms with Crippen molar-refractivity contribution in [3.8, 4) is 5.75 Å². The van der Waals surface area contributed by atoms with E-state index >= 15 is 0 Å². The molecule has 2 aromatic carbocycles. The lowest BCUT2D eigenvalue weighted by atomic mass is 10.0. The van der Waals surface area contributed by atoms with Gasteiger partial charge in [-0.25, -0.2) is 4.39 Å². The standard InChI is InChI=1S/C17H18BrFO2/c1-20-10-9-12-3-5-13(6-4-12)17(18)14-7-8-15(19)16(11-14)21-2/h3-8,11,17H,9-10H2,1-2H3. The highest BCUT2D eigenvalue weighted by molar-refractivity contribution is 9.09. The highest BCUT2D eigenvalue weighted by Crippen LogP contribution is 2.33. The lowest BCUT2D eigenvalue weighted by Gasteiger charge is -2.13. The first kappa shape index (κ1) is 16.0. The van der Waals surface area contributed by atoms with Crippen LogP contribution >= 0.6 is 15.9 Å². The van der Waals surface area contributed by atoms with Crippen molar-refractivity contribution in [3.05, 3.63) is 65.0 Å². The maximum atomic E-state index is 13.5. The van der Waals surface area contributed by atoms with Crippen molar-refractivity contribution < 1.29 is 13.9 Å². The van der Waals surface area contributed by atoms with Gasteiger partial charge in [-0.05, 0) is 35.2 Å². The summed E-state index contributed by atoms with van der Waals surface area (Å²) in [6, 6.07) is 13.2. The molecule has 0 aromatic heterocycles. The van der Waals surface area contributed by atoms with Gasteiger partial charge in [0.2, 0.25) is 0 Å². The van der Waals surface area contributed by atoms with Crippen molar-refractivity contribution >= 4 is 15.9 Å². The van der Waals surface area contributed by atoms with E-state index in [4.69, 9.17) is 9.47 Å². The van der Waals surface area contributed by atoms with Crippen molar-refractivity contribution in [1.29, 1.82) is 0 Å². The van der Waals surface area contributed by atoms with Gasteiger partial charge in [0, 0.05) is 7.11 Å². The summed E-state index contributed by atoms with van der Waals surface area (Å²) in [7, 11) is 3.17. The SMILES string of the molecule is COCCc1ccc(C(Br)c2ccc(F)c(OC)c2)cc1. The molecule has 1 unspecified atom stereocenters. The van der Waals surface area contributed by atoms with Crippen LogP contribution in [0, 0.1) is 5.82 Å². The van der Waals surface area contributed by atoms with Gasteiger partial charge >= 0.3 is 0 Å². The predicted octanol–water partition coefficient (Wildman–Crippen LogP) is 4.51. The number of hydrogen-bond acceptors (Lipinski definition) is 2. The highest BCUT2D eigenvalue weighted by atomic mass is 79.9. The molecule has 0 amide bonds. The monoisotopic (exact) mass is 352 g/mol. The number of methoxy groups -OCH3 is 2. The van der Waals surface area contributed by atoms with Gasteiger partial charge in [-0.3, -0.25) is 0 Å². The molecule has 0 saturated heterocycles. The van der Waals surface area contributed by atoms with Gasteiger partial charge in [0.25, 0.3) is 0 Å². The van der Waals surface area contributed by atoms with Crippen LogP contribution in [-0.2, 0) is 11.2 Å². The van der Waals surface area contributed by atoms with Crippen LogP contribution in [0.1, 0.15) is 21.5 Å². The number of benzene rings is 2. The molecular weight excluding hydrogens is 335 g/mol. The minimum Gasteiger partial charge on any atom is -0.494 e. The summed E-state index contributed by atoms with van der Waals surface area (Å²) < 4.78 is 23.6. The zero-order valence-electron chi connectivity index (χ0n) is 12.1. The number of alkyl halides is 1. The third-order valence-electron chi connectivity index (χ3n) is 3.34. The highest BCUT2D eigenvalue weighted by Gasteiger charge is 2.13. The van der Waals surface area contributed by atoms with Gasteiger partial charge in [0.15, 0.2) is 11.6 Å². The second kappa shape index (κ2) is 7.57. The molecule has 0 radical (unpaired) electrons. The molecule has 2 aromatic rings. The Labute approximate surface area is 133 Å². The third-order valence-corrected chi connectivity index (χ3v) is 4.39. The summed E-state index contributed by atoms with van der Waals surface area (Å²) in [5.74, 6) is -0.0930. The summed E-state index contributed by atoms with van der Waals surface area (Å²) in [4.78, 5) is 0.00322. The van der Waals surface area contributed by atoms with Crippen LogP contribution in [0.5, 0.6) is 5.75 Å². The van der Waals surface area contributed by atoms with Crippen molar-refractivity contribution in [1.82, 2.24) is 0 Å². The van der Waals surface area contributed by atoms with Crippen molar-refractivity contribution in [3.63, 3.8) is 0 Å². The van der Waals surface area contributed by atoms with E-state index in [9.17, 15) is 4.39 Å². The van der Waals surface area contributed by atoms with Gasteiger partial charge in [-0.2, -0.15) is 0 Å². The zero-order chi connectivity index (χ0) is 15.2. The number of ether oxygens (including phenoxy) is 2. The van der Waals surface area contributed by atoms with Crippen molar-refractivity contribution in [2.75, 3.05) is 20.8 Å². The molecule has 0 heterocycles. The quantitative estimate of drug-likeness (QED) is 0.712. The van der Waals surface area contributed by atoms with Gasteiger partial charge in [0.05, 0.1) is 18.5 Å². The Balaban J connectivity index is 2.17. The summed E-state index contributed by atoms with van der Waals surface area (Å²) in [5, 5.41) is 0. The van der Waals surface area contributed by atoms with E-state index < -0.39 is 0 Å². The second-order valence-electron chi connectivity index (χ2n) is 4.74. The summed E-state index contributed by atoms with van der Waals surface area (Å²) >= 11 is 3.66. The van der Waals surface area contributed by atoms with E-state index in [1.807, 2.05) is 0 Å². The summed E-state index contributed by atoms with van der Waals surface area (Å²) in [5.41, 5.74) is 3.31. The molecule has 0 aliphatic carbocycles. The van der Waals surface area contributed by atoms with E-state index in [0.717, 1.165) is 17.5 Å². The van der Waals surface area contributed by atoms with Crippen molar-refractivity contribution in [2.24, 2.45) is 0 Å². The smallest absolute Gasteiger partial charge is 0.165 e. The number of halogens is 2. The lowest BCUT2D eigenvalue weighted by molar-refractivity contribution is 0.202. The molecule has 0 N–H and O–H groups in total. The van der Waals surface area contributed by atoms with E-state index in [2.05, 4.69) is 40.2 Å².